The van der Waals surface area contributed by atoms with Crippen molar-refractivity contribution in [1.82, 2.24) is 0 Å². The van der Waals surface area contributed by atoms with Crippen LogP contribution in [0, 0.1) is 5.92 Å². The molecule has 0 aromatic carbocycles. The zero-order chi connectivity index (χ0) is 10.0. The number of ether oxygens (including phenoxy) is 1. The van der Waals surface area contributed by atoms with E-state index in [2.05, 4.69) is 6.92 Å². The van der Waals surface area contributed by atoms with Crippen LogP contribution in [0.15, 0.2) is 0 Å². The summed E-state index contributed by atoms with van der Waals surface area (Å²) in [6.07, 6.45) is 4.50. The smallest absolute Gasteiger partial charge is 0.0734 e. The Bertz CT molecular complexity index is 184. The number of rotatable bonds is 2. The van der Waals surface area contributed by atoms with Crippen LogP contribution in [0.1, 0.15) is 32.6 Å². The third-order valence-corrected chi connectivity index (χ3v) is 5.11. The molecule has 0 aromatic rings. The maximum Gasteiger partial charge on any atom is 0.0734 e. The number of aliphatic hydroxyl groups excluding tert-OH is 1. The summed E-state index contributed by atoms with van der Waals surface area (Å²) >= 11 is 1.94. The fraction of sp³-hybridized carbons (Fsp3) is 1.00. The molecule has 2 rings (SSSR count). The predicted molar refractivity (Wildman–Crippen MR) is 59.6 cm³/mol. The van der Waals surface area contributed by atoms with Gasteiger partial charge in [0.2, 0.25) is 0 Å². The molecule has 2 saturated heterocycles. The monoisotopic (exact) mass is 216 g/mol. The minimum absolute atomic E-state index is 0.103. The molecule has 0 radical (unpaired) electrons. The van der Waals surface area contributed by atoms with Crippen molar-refractivity contribution >= 4 is 11.8 Å². The molecule has 2 aliphatic heterocycles. The first-order valence-corrected chi connectivity index (χ1v) is 6.61. The first kappa shape index (κ1) is 10.8. The molecule has 2 aliphatic rings. The lowest BCUT2D eigenvalue weighted by Crippen LogP contribution is -2.42. The summed E-state index contributed by atoms with van der Waals surface area (Å²) in [6.45, 7) is 3.86. The third kappa shape index (κ3) is 2.10. The molecular formula is C11H20O2S. The van der Waals surface area contributed by atoms with Gasteiger partial charge in [-0.2, -0.15) is 11.8 Å². The van der Waals surface area contributed by atoms with Crippen LogP contribution in [-0.2, 0) is 4.74 Å². The minimum Gasteiger partial charge on any atom is -0.391 e. The van der Waals surface area contributed by atoms with Crippen LogP contribution in [0.5, 0.6) is 0 Å². The maximum atomic E-state index is 10.3. The Labute approximate surface area is 90.4 Å². The van der Waals surface area contributed by atoms with E-state index >= 15 is 0 Å². The fourth-order valence-electron chi connectivity index (χ4n) is 2.55. The molecule has 3 atom stereocenters. The summed E-state index contributed by atoms with van der Waals surface area (Å²) in [6, 6.07) is 0. The second-order valence-electron chi connectivity index (χ2n) is 4.69. The molecule has 2 nitrogen and oxygen atoms in total. The van der Waals surface area contributed by atoms with Crippen LogP contribution in [0.4, 0.5) is 0 Å². The standard InChI is InChI=1S/C11H20O2S/c1-11(5-3-7-14-11)10(12)9-4-2-6-13-8-9/h9-10,12H,2-8H2,1H3. The van der Waals surface area contributed by atoms with Gasteiger partial charge in [-0.1, -0.05) is 0 Å². The lowest BCUT2D eigenvalue weighted by Gasteiger charge is -2.36. The Balaban J connectivity index is 1.95. The second kappa shape index (κ2) is 4.42. The van der Waals surface area contributed by atoms with Crippen LogP contribution in [0.2, 0.25) is 0 Å². The number of aliphatic hydroxyl groups is 1. The zero-order valence-corrected chi connectivity index (χ0v) is 9.68. The zero-order valence-electron chi connectivity index (χ0n) is 8.87. The van der Waals surface area contributed by atoms with E-state index < -0.39 is 0 Å². The Morgan fingerprint density at radius 3 is 2.93 bits per heavy atom. The molecule has 0 amide bonds. The molecule has 1 N–H and O–H groups in total. The Kier molecular flexibility index (Phi) is 3.40. The van der Waals surface area contributed by atoms with E-state index in [1.165, 1.54) is 12.2 Å². The van der Waals surface area contributed by atoms with Crippen LogP contribution in [0.3, 0.4) is 0 Å². The molecule has 3 unspecified atom stereocenters. The lowest BCUT2D eigenvalue weighted by atomic mass is 9.85. The van der Waals surface area contributed by atoms with E-state index in [-0.39, 0.29) is 10.9 Å². The van der Waals surface area contributed by atoms with Gasteiger partial charge in [-0.25, -0.2) is 0 Å². The second-order valence-corrected chi connectivity index (χ2v) is 6.32. The molecule has 0 saturated carbocycles. The molecule has 14 heavy (non-hydrogen) atoms. The van der Waals surface area contributed by atoms with E-state index in [0.717, 1.165) is 32.5 Å². The van der Waals surface area contributed by atoms with Gasteiger partial charge in [0.15, 0.2) is 0 Å². The molecule has 82 valence electrons. The van der Waals surface area contributed by atoms with Crippen molar-refractivity contribution in [2.75, 3.05) is 19.0 Å². The molecule has 0 aromatic heterocycles. The molecule has 3 heteroatoms. The highest BCUT2D eigenvalue weighted by molar-refractivity contribution is 8.00. The van der Waals surface area contributed by atoms with Crippen molar-refractivity contribution in [3.63, 3.8) is 0 Å². The third-order valence-electron chi connectivity index (χ3n) is 3.52. The van der Waals surface area contributed by atoms with Crippen molar-refractivity contribution in [3.05, 3.63) is 0 Å². The predicted octanol–water partition coefficient (Wildman–Crippen LogP) is 2.06. The van der Waals surface area contributed by atoms with E-state index in [1.807, 2.05) is 11.8 Å². The minimum atomic E-state index is -0.171. The van der Waals surface area contributed by atoms with Gasteiger partial charge in [-0.05, 0) is 38.4 Å². The van der Waals surface area contributed by atoms with Gasteiger partial charge in [0, 0.05) is 17.3 Å². The summed E-state index contributed by atoms with van der Waals surface area (Å²) in [7, 11) is 0. The fourth-order valence-corrected chi connectivity index (χ4v) is 3.95. The molecule has 0 bridgehead atoms. The van der Waals surface area contributed by atoms with Crippen molar-refractivity contribution < 1.29 is 9.84 Å². The molecule has 2 fully saturated rings. The first-order valence-electron chi connectivity index (χ1n) is 5.62. The topological polar surface area (TPSA) is 29.5 Å². The summed E-state index contributed by atoms with van der Waals surface area (Å²) in [5, 5.41) is 10.3. The van der Waals surface area contributed by atoms with Crippen molar-refractivity contribution in [1.29, 1.82) is 0 Å². The number of hydrogen-bond acceptors (Lipinski definition) is 3. The Hall–Kier alpha value is 0.270. The largest absolute Gasteiger partial charge is 0.391 e. The summed E-state index contributed by atoms with van der Waals surface area (Å²) in [5.74, 6) is 1.58. The maximum absolute atomic E-state index is 10.3. The van der Waals surface area contributed by atoms with Gasteiger partial charge in [-0.15, -0.1) is 0 Å². The molecule has 0 aliphatic carbocycles. The van der Waals surface area contributed by atoms with Crippen molar-refractivity contribution in [3.8, 4) is 0 Å². The van der Waals surface area contributed by atoms with Crippen LogP contribution < -0.4 is 0 Å². The van der Waals surface area contributed by atoms with Crippen molar-refractivity contribution in [2.24, 2.45) is 5.92 Å². The Morgan fingerprint density at radius 2 is 2.36 bits per heavy atom. The van der Waals surface area contributed by atoms with E-state index in [4.69, 9.17) is 4.74 Å². The molecule has 0 spiro atoms. The van der Waals surface area contributed by atoms with Gasteiger partial charge in [0.25, 0.3) is 0 Å². The van der Waals surface area contributed by atoms with Crippen LogP contribution in [-0.4, -0.2) is 34.9 Å². The average molecular weight is 216 g/mol. The SMILES string of the molecule is CC1(C(O)C2CCCOC2)CCCS1. The van der Waals surface area contributed by atoms with Crippen LogP contribution in [0.25, 0.3) is 0 Å². The summed E-state index contributed by atoms with van der Waals surface area (Å²) in [5.41, 5.74) is 0. The Morgan fingerprint density at radius 1 is 1.50 bits per heavy atom. The average Bonchev–Trinajstić information content (AvgIpc) is 2.67. The highest BCUT2D eigenvalue weighted by Gasteiger charge is 2.41. The van der Waals surface area contributed by atoms with Crippen molar-refractivity contribution in [2.45, 2.75) is 43.5 Å². The quantitative estimate of drug-likeness (QED) is 0.766. The van der Waals surface area contributed by atoms with Gasteiger partial charge in [-0.3, -0.25) is 0 Å². The van der Waals surface area contributed by atoms with E-state index in [9.17, 15) is 5.11 Å². The first-order chi connectivity index (χ1) is 6.72. The van der Waals surface area contributed by atoms with Crippen LogP contribution >= 0.6 is 11.8 Å². The van der Waals surface area contributed by atoms with Gasteiger partial charge in [0.1, 0.15) is 0 Å². The normalized spacial score (nSPS) is 41.1. The molecular weight excluding hydrogens is 196 g/mol. The van der Waals surface area contributed by atoms with Gasteiger partial charge >= 0.3 is 0 Å². The molecule has 2 heterocycles. The highest BCUT2D eigenvalue weighted by atomic mass is 32.2. The van der Waals surface area contributed by atoms with Gasteiger partial charge < -0.3 is 9.84 Å². The van der Waals surface area contributed by atoms with E-state index in [0.29, 0.717) is 5.92 Å². The summed E-state index contributed by atoms with van der Waals surface area (Å²) < 4.78 is 5.54. The number of hydrogen-bond donors (Lipinski definition) is 1. The van der Waals surface area contributed by atoms with E-state index in [1.54, 1.807) is 0 Å². The lowest BCUT2D eigenvalue weighted by molar-refractivity contribution is -0.0224. The highest BCUT2D eigenvalue weighted by Crippen LogP contribution is 2.43. The van der Waals surface area contributed by atoms with Gasteiger partial charge in [0.05, 0.1) is 12.7 Å². The number of thioether (sulfide) groups is 1. The summed E-state index contributed by atoms with van der Waals surface area (Å²) in [4.78, 5) is 0.